The molecule has 2 amide bonds. The van der Waals surface area contributed by atoms with E-state index < -0.39 is 27.9 Å². The molecule has 11 heteroatoms. The van der Waals surface area contributed by atoms with Gasteiger partial charge < -0.3 is 20.3 Å². The van der Waals surface area contributed by atoms with Crippen LogP contribution in [0, 0.1) is 0 Å². The predicted octanol–water partition coefficient (Wildman–Crippen LogP) is -1.02. The third-order valence-corrected chi connectivity index (χ3v) is 5.48. The minimum absolute atomic E-state index is 0.0404. The Kier molecular flexibility index (Phi) is 6.70. The number of nitrogens with one attached hydrogen (secondary N) is 2. The largest absolute Gasteiger partial charge is 0.480 e. The van der Waals surface area contributed by atoms with Crippen LogP contribution < -0.4 is 10.6 Å². The number of carbonyl (C=O) groups is 3. The molecule has 1 unspecified atom stereocenters. The zero-order valence-electron chi connectivity index (χ0n) is 14.4. The first-order chi connectivity index (χ1) is 11.5. The zero-order valence-corrected chi connectivity index (χ0v) is 15.3. The molecule has 10 nitrogen and oxygen atoms in total. The van der Waals surface area contributed by atoms with E-state index in [1.54, 1.807) is 0 Å². The molecule has 1 aromatic rings. The van der Waals surface area contributed by atoms with E-state index in [1.807, 2.05) is 0 Å². The van der Waals surface area contributed by atoms with E-state index in [1.165, 1.54) is 44.8 Å². The van der Waals surface area contributed by atoms with Crippen LogP contribution in [0.3, 0.4) is 0 Å². The highest BCUT2D eigenvalue weighted by molar-refractivity contribution is 7.89. The van der Waals surface area contributed by atoms with Crippen molar-refractivity contribution in [2.75, 3.05) is 20.1 Å². The smallest absolute Gasteiger partial charge is 0.321 e. The van der Waals surface area contributed by atoms with Gasteiger partial charge in [-0.2, -0.15) is 4.31 Å². The van der Waals surface area contributed by atoms with Crippen LogP contribution in [0.1, 0.15) is 24.3 Å². The van der Waals surface area contributed by atoms with E-state index in [-0.39, 0.29) is 29.6 Å². The Morgan fingerprint density at radius 1 is 1.36 bits per heavy atom. The van der Waals surface area contributed by atoms with Gasteiger partial charge in [-0.05, 0) is 13.0 Å². The Morgan fingerprint density at radius 2 is 1.96 bits per heavy atom. The first-order valence-electron chi connectivity index (χ1n) is 7.40. The number of aliphatic carboxylic acids is 1. The summed E-state index contributed by atoms with van der Waals surface area (Å²) >= 11 is 0. The molecule has 1 rings (SSSR count). The maximum atomic E-state index is 12.8. The highest BCUT2D eigenvalue weighted by Crippen LogP contribution is 2.20. The standard InChI is InChI=1S/C14H22N4O6S/c1-9(14(21)22)18(6-5-16-10(2)19)25(23,24)11-7-12(13(20)15-3)17(4)8-11/h7-9H,5-6H2,1-4H3,(H,15,20)(H,16,19)(H,21,22). The Morgan fingerprint density at radius 3 is 2.44 bits per heavy atom. The van der Waals surface area contributed by atoms with Gasteiger partial charge in [0.25, 0.3) is 5.91 Å². The van der Waals surface area contributed by atoms with Crippen LogP contribution >= 0.6 is 0 Å². The summed E-state index contributed by atoms with van der Waals surface area (Å²) in [5.74, 6) is -2.16. The van der Waals surface area contributed by atoms with E-state index in [0.29, 0.717) is 0 Å². The lowest BCUT2D eigenvalue weighted by molar-refractivity contribution is -0.140. The van der Waals surface area contributed by atoms with E-state index in [4.69, 9.17) is 0 Å². The molecule has 140 valence electrons. The molecule has 0 bridgehead atoms. The van der Waals surface area contributed by atoms with Crippen molar-refractivity contribution in [3.63, 3.8) is 0 Å². The average Bonchev–Trinajstić information content (AvgIpc) is 2.92. The molecule has 0 spiro atoms. The first kappa shape index (κ1) is 20.6. The Balaban J connectivity index is 3.24. The molecule has 1 heterocycles. The molecule has 0 saturated carbocycles. The lowest BCUT2D eigenvalue weighted by Gasteiger charge is -2.25. The van der Waals surface area contributed by atoms with Crippen LogP contribution in [0.25, 0.3) is 0 Å². The van der Waals surface area contributed by atoms with Crippen LogP contribution in [0.2, 0.25) is 0 Å². The summed E-state index contributed by atoms with van der Waals surface area (Å²) in [7, 11) is -1.27. The van der Waals surface area contributed by atoms with Crippen molar-refractivity contribution in [1.82, 2.24) is 19.5 Å². The molecule has 0 fully saturated rings. The Labute approximate surface area is 145 Å². The van der Waals surface area contributed by atoms with Crippen LogP contribution in [0.15, 0.2) is 17.2 Å². The number of nitrogens with zero attached hydrogens (tertiary/aromatic N) is 2. The highest BCUT2D eigenvalue weighted by Gasteiger charge is 2.34. The molecule has 3 N–H and O–H groups in total. The lowest BCUT2D eigenvalue weighted by atomic mass is 10.3. The van der Waals surface area contributed by atoms with Crippen molar-refractivity contribution in [2.24, 2.45) is 7.05 Å². The Bertz CT molecular complexity index is 770. The molecule has 0 saturated heterocycles. The van der Waals surface area contributed by atoms with Gasteiger partial charge in [0, 0.05) is 40.3 Å². The zero-order chi connectivity index (χ0) is 19.4. The van der Waals surface area contributed by atoms with Gasteiger partial charge in [0.15, 0.2) is 0 Å². The third-order valence-electron chi connectivity index (χ3n) is 3.54. The second-order valence-corrected chi connectivity index (χ2v) is 7.25. The molecular formula is C14H22N4O6S. The minimum Gasteiger partial charge on any atom is -0.480 e. The number of rotatable bonds is 8. The first-order valence-corrected chi connectivity index (χ1v) is 8.84. The van der Waals surface area contributed by atoms with E-state index >= 15 is 0 Å². The lowest BCUT2D eigenvalue weighted by Crippen LogP contribution is -2.46. The van der Waals surface area contributed by atoms with E-state index in [2.05, 4.69) is 10.6 Å². The number of hydrogen-bond acceptors (Lipinski definition) is 5. The molecule has 1 atom stereocenters. The van der Waals surface area contributed by atoms with Crippen LogP contribution in [-0.2, 0) is 26.7 Å². The number of aryl methyl sites for hydroxylation is 1. The number of carboxylic acid groups (broad SMARTS) is 1. The van der Waals surface area contributed by atoms with Crippen molar-refractivity contribution in [3.05, 3.63) is 18.0 Å². The van der Waals surface area contributed by atoms with Crippen molar-refractivity contribution in [1.29, 1.82) is 0 Å². The van der Waals surface area contributed by atoms with Crippen LogP contribution in [-0.4, -0.2) is 66.4 Å². The van der Waals surface area contributed by atoms with Gasteiger partial charge in [0.2, 0.25) is 15.9 Å². The molecule has 0 aliphatic rings. The molecule has 0 radical (unpaired) electrons. The molecule has 0 aliphatic carbocycles. The number of sulfonamides is 1. The van der Waals surface area contributed by atoms with E-state index in [9.17, 15) is 27.9 Å². The fraction of sp³-hybridized carbons (Fsp3) is 0.500. The van der Waals surface area contributed by atoms with Gasteiger partial charge in [-0.1, -0.05) is 0 Å². The normalized spacial score (nSPS) is 12.7. The highest BCUT2D eigenvalue weighted by atomic mass is 32.2. The fourth-order valence-electron chi connectivity index (χ4n) is 2.15. The summed E-state index contributed by atoms with van der Waals surface area (Å²) in [4.78, 5) is 33.8. The quantitative estimate of drug-likeness (QED) is 0.533. The van der Waals surface area contributed by atoms with Crippen LogP contribution in [0.4, 0.5) is 0 Å². The number of carboxylic acids is 1. The summed E-state index contributed by atoms with van der Waals surface area (Å²) in [5.41, 5.74) is 0.117. The van der Waals surface area contributed by atoms with E-state index in [0.717, 1.165) is 4.31 Å². The topological polar surface area (TPSA) is 138 Å². The van der Waals surface area contributed by atoms with Crippen molar-refractivity contribution in [2.45, 2.75) is 24.8 Å². The van der Waals surface area contributed by atoms with Gasteiger partial charge in [-0.3, -0.25) is 14.4 Å². The summed E-state index contributed by atoms with van der Waals surface area (Å²) in [6.07, 6.45) is 1.24. The molecule has 0 aromatic carbocycles. The van der Waals surface area contributed by atoms with Crippen LogP contribution in [0.5, 0.6) is 0 Å². The van der Waals surface area contributed by atoms with Crippen molar-refractivity contribution < 1.29 is 27.9 Å². The average molecular weight is 374 g/mol. The number of hydrogen-bond donors (Lipinski definition) is 3. The van der Waals surface area contributed by atoms with Crippen molar-refractivity contribution >= 4 is 27.8 Å². The van der Waals surface area contributed by atoms with Gasteiger partial charge in [-0.25, -0.2) is 8.42 Å². The third kappa shape index (κ3) is 4.79. The summed E-state index contributed by atoms with van der Waals surface area (Å²) in [6, 6.07) is -0.170. The van der Waals surface area contributed by atoms with Gasteiger partial charge in [0.1, 0.15) is 16.6 Å². The summed E-state index contributed by atoms with van der Waals surface area (Å²) < 4.78 is 27.8. The van der Waals surface area contributed by atoms with Gasteiger partial charge >= 0.3 is 5.97 Å². The molecular weight excluding hydrogens is 352 g/mol. The summed E-state index contributed by atoms with van der Waals surface area (Å²) in [6.45, 7) is 2.24. The van der Waals surface area contributed by atoms with Gasteiger partial charge in [0.05, 0.1) is 0 Å². The summed E-state index contributed by atoms with van der Waals surface area (Å²) in [5, 5.41) is 14.0. The molecule has 1 aromatic heterocycles. The minimum atomic E-state index is -4.19. The van der Waals surface area contributed by atoms with Crippen molar-refractivity contribution in [3.8, 4) is 0 Å². The SMILES string of the molecule is CNC(=O)c1cc(S(=O)(=O)N(CCNC(C)=O)C(C)C(=O)O)cn1C. The number of aromatic nitrogens is 1. The predicted molar refractivity (Wildman–Crippen MR) is 88.5 cm³/mol. The second kappa shape index (κ2) is 8.12. The molecule has 0 aliphatic heterocycles. The number of amides is 2. The molecule has 25 heavy (non-hydrogen) atoms. The monoisotopic (exact) mass is 374 g/mol. The maximum Gasteiger partial charge on any atom is 0.321 e. The van der Waals surface area contributed by atoms with Gasteiger partial charge in [-0.15, -0.1) is 0 Å². The fourth-order valence-corrected chi connectivity index (χ4v) is 3.81. The maximum absolute atomic E-state index is 12.8. The Hall–Kier alpha value is -2.40. The second-order valence-electron chi connectivity index (χ2n) is 5.36. The number of carbonyl (C=O) groups excluding carboxylic acids is 2.